The number of primary amides is 1. The Balaban J connectivity index is 1.60. The maximum atomic E-state index is 12.6. The zero-order valence-electron chi connectivity index (χ0n) is 12.4. The third kappa shape index (κ3) is 2.19. The molecule has 1 aromatic heterocycles. The summed E-state index contributed by atoms with van der Waals surface area (Å²) < 4.78 is 0. The molecule has 2 amide bonds. The Morgan fingerprint density at radius 3 is 2.68 bits per heavy atom. The van der Waals surface area contributed by atoms with Crippen LogP contribution in [-0.4, -0.2) is 11.8 Å². The molecule has 2 bridgehead atoms. The van der Waals surface area contributed by atoms with Crippen LogP contribution in [0.5, 0.6) is 0 Å². The zero-order valence-corrected chi connectivity index (χ0v) is 13.2. The van der Waals surface area contributed by atoms with Gasteiger partial charge in [-0.25, -0.2) is 0 Å². The summed E-state index contributed by atoms with van der Waals surface area (Å²) >= 11 is 1.55. The number of nitrogens with two attached hydrogens (primary N) is 1. The average molecular weight is 316 g/mol. The summed E-state index contributed by atoms with van der Waals surface area (Å²) in [5, 5.41) is 3.70. The smallest absolute Gasteiger partial charge is 0.251 e. The van der Waals surface area contributed by atoms with Gasteiger partial charge in [-0.15, -0.1) is 11.3 Å². The molecule has 1 aromatic rings. The highest BCUT2D eigenvalue weighted by Crippen LogP contribution is 2.44. The molecule has 0 saturated heterocycles. The summed E-state index contributed by atoms with van der Waals surface area (Å²) in [6, 6.07) is 0. The van der Waals surface area contributed by atoms with Crippen molar-refractivity contribution in [2.75, 3.05) is 5.32 Å². The van der Waals surface area contributed by atoms with E-state index in [4.69, 9.17) is 5.73 Å². The van der Waals surface area contributed by atoms with Crippen LogP contribution in [0.15, 0.2) is 12.2 Å². The second kappa shape index (κ2) is 5.23. The molecule has 4 nitrogen and oxygen atoms in total. The monoisotopic (exact) mass is 316 g/mol. The minimum Gasteiger partial charge on any atom is -0.365 e. The highest BCUT2D eigenvalue weighted by atomic mass is 32.1. The number of hydrogen-bond acceptors (Lipinski definition) is 3. The maximum Gasteiger partial charge on any atom is 0.251 e. The molecule has 0 unspecified atom stereocenters. The molecule has 0 spiro atoms. The van der Waals surface area contributed by atoms with Crippen molar-refractivity contribution >= 4 is 28.2 Å². The lowest BCUT2D eigenvalue weighted by molar-refractivity contribution is -0.120. The molecule has 0 aromatic carbocycles. The van der Waals surface area contributed by atoms with Crippen LogP contribution in [0.1, 0.15) is 46.5 Å². The van der Waals surface area contributed by atoms with Crippen molar-refractivity contribution in [3.05, 3.63) is 28.2 Å². The molecule has 3 aliphatic carbocycles. The summed E-state index contributed by atoms with van der Waals surface area (Å²) in [7, 11) is 0. The predicted octanol–water partition coefficient (Wildman–Crippen LogP) is 2.88. The van der Waals surface area contributed by atoms with Crippen LogP contribution in [0.3, 0.4) is 0 Å². The van der Waals surface area contributed by atoms with E-state index in [9.17, 15) is 9.59 Å². The van der Waals surface area contributed by atoms with Crippen molar-refractivity contribution in [3.8, 4) is 0 Å². The Bertz CT molecular complexity index is 676. The largest absolute Gasteiger partial charge is 0.365 e. The second-order valence-corrected chi connectivity index (χ2v) is 7.76. The van der Waals surface area contributed by atoms with Gasteiger partial charge < -0.3 is 11.1 Å². The highest BCUT2D eigenvalue weighted by molar-refractivity contribution is 7.17. The summed E-state index contributed by atoms with van der Waals surface area (Å²) in [5.74, 6) is 0.625. The van der Waals surface area contributed by atoms with Crippen LogP contribution in [0, 0.1) is 17.8 Å². The Labute approximate surface area is 133 Å². The van der Waals surface area contributed by atoms with E-state index in [0.717, 1.165) is 44.1 Å². The molecule has 3 N–H and O–H groups in total. The number of amides is 2. The SMILES string of the molecule is NC(=O)c1c(NC(=O)[C@@H]2C[C@@H]3C=C[C@@H]2C3)sc2c1CCCC2. The first-order valence-electron chi connectivity index (χ1n) is 8.07. The van der Waals surface area contributed by atoms with E-state index in [2.05, 4.69) is 17.5 Å². The number of rotatable bonds is 3. The molecule has 5 heteroatoms. The first kappa shape index (κ1) is 14.0. The van der Waals surface area contributed by atoms with E-state index in [1.54, 1.807) is 11.3 Å². The number of anilines is 1. The number of thiophene rings is 1. The van der Waals surface area contributed by atoms with Gasteiger partial charge in [0.05, 0.1) is 5.56 Å². The summed E-state index contributed by atoms with van der Waals surface area (Å²) in [5.41, 5.74) is 7.22. The van der Waals surface area contributed by atoms with Crippen LogP contribution >= 0.6 is 11.3 Å². The number of nitrogens with one attached hydrogen (secondary N) is 1. The molecule has 1 heterocycles. The fraction of sp³-hybridized carbons (Fsp3) is 0.529. The van der Waals surface area contributed by atoms with Crippen molar-refractivity contribution in [1.29, 1.82) is 0 Å². The van der Waals surface area contributed by atoms with Crippen molar-refractivity contribution in [2.45, 2.75) is 38.5 Å². The summed E-state index contributed by atoms with van der Waals surface area (Å²) in [6.07, 6.45) is 10.6. The Hall–Kier alpha value is -1.62. The van der Waals surface area contributed by atoms with Crippen molar-refractivity contribution in [1.82, 2.24) is 0 Å². The third-order valence-electron chi connectivity index (χ3n) is 5.27. The fourth-order valence-electron chi connectivity index (χ4n) is 4.20. The molecule has 3 aliphatic rings. The van der Waals surface area contributed by atoms with E-state index < -0.39 is 5.91 Å². The lowest BCUT2D eigenvalue weighted by atomic mass is 9.92. The lowest BCUT2D eigenvalue weighted by Crippen LogP contribution is -2.27. The van der Waals surface area contributed by atoms with Crippen molar-refractivity contribution in [2.24, 2.45) is 23.5 Å². The van der Waals surface area contributed by atoms with Gasteiger partial charge in [-0.2, -0.15) is 0 Å². The van der Waals surface area contributed by atoms with E-state index in [0.29, 0.717) is 22.4 Å². The number of carbonyl (C=O) groups is 2. The van der Waals surface area contributed by atoms with Crippen LogP contribution in [0.4, 0.5) is 5.00 Å². The Morgan fingerprint density at radius 1 is 1.18 bits per heavy atom. The molecule has 0 aliphatic heterocycles. The first-order chi connectivity index (χ1) is 10.6. The lowest BCUT2D eigenvalue weighted by Gasteiger charge is -2.17. The fourth-order valence-corrected chi connectivity index (χ4v) is 5.50. The molecule has 4 rings (SSSR count). The summed E-state index contributed by atoms with van der Waals surface area (Å²) in [6.45, 7) is 0. The van der Waals surface area contributed by atoms with Gasteiger partial charge in [0.2, 0.25) is 5.91 Å². The molecule has 1 saturated carbocycles. The van der Waals surface area contributed by atoms with Crippen LogP contribution < -0.4 is 11.1 Å². The number of fused-ring (bicyclic) bond motifs is 3. The first-order valence-corrected chi connectivity index (χ1v) is 8.88. The van der Waals surface area contributed by atoms with Gasteiger partial charge >= 0.3 is 0 Å². The molecular formula is C17H20N2O2S. The molecule has 1 fully saturated rings. The Kier molecular flexibility index (Phi) is 3.33. The number of hydrogen-bond donors (Lipinski definition) is 2. The van der Waals surface area contributed by atoms with Crippen LogP contribution in [0.25, 0.3) is 0 Å². The second-order valence-electron chi connectivity index (χ2n) is 6.66. The van der Waals surface area contributed by atoms with Crippen LogP contribution in [0.2, 0.25) is 0 Å². The van der Waals surface area contributed by atoms with E-state index >= 15 is 0 Å². The maximum absolute atomic E-state index is 12.6. The zero-order chi connectivity index (χ0) is 15.3. The van der Waals surface area contributed by atoms with Crippen molar-refractivity contribution < 1.29 is 9.59 Å². The van der Waals surface area contributed by atoms with E-state index in [1.165, 1.54) is 4.88 Å². The highest BCUT2D eigenvalue weighted by Gasteiger charge is 2.40. The predicted molar refractivity (Wildman–Crippen MR) is 87.0 cm³/mol. The van der Waals surface area contributed by atoms with Crippen molar-refractivity contribution in [3.63, 3.8) is 0 Å². The quantitative estimate of drug-likeness (QED) is 0.842. The molecule has 0 radical (unpaired) electrons. The number of aryl methyl sites for hydroxylation is 1. The van der Waals surface area contributed by atoms with Crippen LogP contribution in [-0.2, 0) is 17.6 Å². The third-order valence-corrected chi connectivity index (χ3v) is 6.48. The summed E-state index contributed by atoms with van der Waals surface area (Å²) in [4.78, 5) is 25.7. The topological polar surface area (TPSA) is 72.2 Å². The van der Waals surface area contributed by atoms with E-state index in [1.807, 2.05) is 0 Å². The molecular weight excluding hydrogens is 296 g/mol. The number of allylic oxidation sites excluding steroid dienone is 2. The number of carbonyl (C=O) groups excluding carboxylic acids is 2. The van der Waals surface area contributed by atoms with Gasteiger partial charge in [0.25, 0.3) is 5.91 Å². The van der Waals surface area contributed by atoms with Gasteiger partial charge in [-0.3, -0.25) is 9.59 Å². The normalized spacial score (nSPS) is 28.6. The standard InChI is InChI=1S/C17H20N2O2S/c18-15(20)14-11-3-1-2-4-13(11)22-17(14)19-16(21)12-8-9-5-6-10(12)7-9/h5-6,9-10,12H,1-4,7-8H2,(H2,18,20)(H,19,21)/t9-,10-,12-/m1/s1. The molecule has 116 valence electrons. The van der Waals surface area contributed by atoms with Gasteiger partial charge in [-0.1, -0.05) is 12.2 Å². The molecule has 22 heavy (non-hydrogen) atoms. The minimum absolute atomic E-state index is 0.0508. The molecule has 3 atom stereocenters. The van der Waals surface area contributed by atoms with Gasteiger partial charge in [-0.05, 0) is 55.9 Å². The van der Waals surface area contributed by atoms with Gasteiger partial charge in [0.1, 0.15) is 5.00 Å². The van der Waals surface area contributed by atoms with Gasteiger partial charge in [0, 0.05) is 10.8 Å². The Morgan fingerprint density at radius 2 is 2.00 bits per heavy atom. The van der Waals surface area contributed by atoms with E-state index in [-0.39, 0.29) is 11.8 Å². The van der Waals surface area contributed by atoms with Gasteiger partial charge in [0.15, 0.2) is 0 Å². The minimum atomic E-state index is -0.414. The average Bonchev–Trinajstić information content (AvgIpc) is 3.19.